The van der Waals surface area contributed by atoms with Crippen molar-refractivity contribution in [2.45, 2.75) is 24.2 Å². The van der Waals surface area contributed by atoms with Gasteiger partial charge in [-0.1, -0.05) is 60.7 Å². The van der Waals surface area contributed by atoms with Crippen molar-refractivity contribution in [1.29, 1.82) is 0 Å². The van der Waals surface area contributed by atoms with Gasteiger partial charge in [0.25, 0.3) is 5.91 Å². The Balaban J connectivity index is 1.62. The summed E-state index contributed by atoms with van der Waals surface area (Å²) in [4.78, 5) is 25.1. The highest BCUT2D eigenvalue weighted by Gasteiger charge is 2.39. The molecule has 4 N–H and O–H groups in total. The summed E-state index contributed by atoms with van der Waals surface area (Å²) in [7, 11) is 0. The number of fused-ring (bicyclic) bond motifs is 3. The summed E-state index contributed by atoms with van der Waals surface area (Å²) in [6.45, 7) is 0. The van der Waals surface area contributed by atoms with Gasteiger partial charge in [0.05, 0.1) is 5.56 Å². The number of alkyl halides is 3. The number of aliphatic hydroxyl groups excluding tert-OH is 1. The standard InChI is InChI=1S/C24H19F3N2O3/c25-24(26,27)14-11-9-13(10-12-14)21(30)23(32)29-20(22(28)31)19-17-7-3-1-5-15(17)16-6-2-4-8-18(16)19/h1-12,19-21,30H,(H2,28,31)(H,29,32)/t20-,21+/m0/s1. The molecule has 1 aliphatic rings. The van der Waals surface area contributed by atoms with Crippen molar-refractivity contribution >= 4 is 11.8 Å². The lowest BCUT2D eigenvalue weighted by Gasteiger charge is -2.25. The number of aliphatic hydroxyl groups is 1. The lowest BCUT2D eigenvalue weighted by molar-refractivity contribution is -0.137. The molecule has 0 heterocycles. The highest BCUT2D eigenvalue weighted by Crippen LogP contribution is 2.46. The Morgan fingerprint density at radius 3 is 1.84 bits per heavy atom. The fourth-order valence-electron chi connectivity index (χ4n) is 4.11. The van der Waals surface area contributed by atoms with Crippen LogP contribution in [0.15, 0.2) is 72.8 Å². The number of benzene rings is 3. The number of rotatable bonds is 5. The molecular weight excluding hydrogens is 421 g/mol. The molecule has 5 nitrogen and oxygen atoms in total. The molecular formula is C24H19F3N2O3. The third kappa shape index (κ3) is 3.85. The molecule has 4 rings (SSSR count). The van der Waals surface area contributed by atoms with E-state index in [2.05, 4.69) is 5.32 Å². The number of amides is 2. The molecule has 0 aromatic heterocycles. The summed E-state index contributed by atoms with van der Waals surface area (Å²) in [5.41, 5.74) is 8.13. The lowest BCUT2D eigenvalue weighted by Crippen LogP contribution is -2.49. The average molecular weight is 440 g/mol. The van der Waals surface area contributed by atoms with Crippen molar-refractivity contribution in [3.63, 3.8) is 0 Å². The molecule has 32 heavy (non-hydrogen) atoms. The van der Waals surface area contributed by atoms with E-state index >= 15 is 0 Å². The van der Waals surface area contributed by atoms with Crippen LogP contribution in [0.1, 0.15) is 34.3 Å². The van der Waals surface area contributed by atoms with Crippen LogP contribution >= 0.6 is 0 Å². The summed E-state index contributed by atoms with van der Waals surface area (Å²) in [6, 6.07) is 17.3. The summed E-state index contributed by atoms with van der Waals surface area (Å²) < 4.78 is 38.3. The van der Waals surface area contributed by atoms with E-state index in [0.717, 1.165) is 46.5 Å². The van der Waals surface area contributed by atoms with E-state index in [1.165, 1.54) is 0 Å². The van der Waals surface area contributed by atoms with Crippen LogP contribution in [0.5, 0.6) is 0 Å². The van der Waals surface area contributed by atoms with Gasteiger partial charge in [-0.15, -0.1) is 0 Å². The molecule has 3 aromatic carbocycles. The Morgan fingerprint density at radius 1 is 0.875 bits per heavy atom. The van der Waals surface area contributed by atoms with E-state index in [4.69, 9.17) is 5.73 Å². The monoisotopic (exact) mass is 440 g/mol. The van der Waals surface area contributed by atoms with Crippen molar-refractivity contribution in [3.05, 3.63) is 95.1 Å². The number of carbonyl (C=O) groups is 2. The molecule has 0 spiro atoms. The molecule has 0 unspecified atom stereocenters. The molecule has 2 atom stereocenters. The van der Waals surface area contributed by atoms with Gasteiger partial charge in [0.1, 0.15) is 6.04 Å². The molecule has 0 saturated carbocycles. The first kappa shape index (κ1) is 21.6. The lowest BCUT2D eigenvalue weighted by atomic mass is 9.88. The van der Waals surface area contributed by atoms with Gasteiger partial charge >= 0.3 is 6.18 Å². The second-order valence-corrected chi connectivity index (χ2v) is 7.56. The summed E-state index contributed by atoms with van der Waals surface area (Å²) in [5.74, 6) is -2.30. The van der Waals surface area contributed by atoms with Gasteiger partial charge in [0.15, 0.2) is 6.10 Å². The average Bonchev–Trinajstić information content (AvgIpc) is 3.10. The topological polar surface area (TPSA) is 92.4 Å². The molecule has 2 amide bonds. The van der Waals surface area contributed by atoms with Crippen LogP contribution in [0.2, 0.25) is 0 Å². The number of primary amides is 1. The van der Waals surface area contributed by atoms with Gasteiger partial charge < -0.3 is 16.2 Å². The predicted molar refractivity (Wildman–Crippen MR) is 111 cm³/mol. The van der Waals surface area contributed by atoms with Gasteiger partial charge in [-0.3, -0.25) is 9.59 Å². The molecule has 1 aliphatic carbocycles. The molecule has 164 valence electrons. The minimum Gasteiger partial charge on any atom is -0.378 e. The second kappa shape index (κ2) is 8.12. The minimum atomic E-state index is -4.54. The van der Waals surface area contributed by atoms with Crippen LogP contribution in [0.4, 0.5) is 13.2 Å². The van der Waals surface area contributed by atoms with Crippen molar-refractivity contribution in [1.82, 2.24) is 5.32 Å². The first-order valence-electron chi connectivity index (χ1n) is 9.81. The highest BCUT2D eigenvalue weighted by molar-refractivity contribution is 5.92. The number of halogens is 3. The fraction of sp³-hybridized carbons (Fsp3) is 0.167. The molecule has 0 fully saturated rings. The fourth-order valence-corrected chi connectivity index (χ4v) is 4.11. The zero-order chi connectivity index (χ0) is 23.0. The van der Waals surface area contributed by atoms with Gasteiger partial charge in [-0.25, -0.2) is 0 Å². The van der Waals surface area contributed by atoms with E-state index in [1.54, 1.807) is 0 Å². The van der Waals surface area contributed by atoms with Gasteiger partial charge in [-0.2, -0.15) is 13.2 Å². The maximum absolute atomic E-state index is 12.8. The first-order valence-corrected chi connectivity index (χ1v) is 9.81. The first-order chi connectivity index (χ1) is 15.2. The summed E-state index contributed by atoms with van der Waals surface area (Å²) in [6.07, 6.45) is -6.31. The second-order valence-electron chi connectivity index (χ2n) is 7.56. The summed E-state index contributed by atoms with van der Waals surface area (Å²) in [5, 5.41) is 12.9. The Bertz CT molecular complexity index is 1130. The third-order valence-electron chi connectivity index (χ3n) is 5.62. The molecule has 8 heteroatoms. The van der Waals surface area contributed by atoms with Crippen LogP contribution in [0, 0.1) is 0 Å². The van der Waals surface area contributed by atoms with E-state index in [1.807, 2.05) is 48.5 Å². The predicted octanol–water partition coefficient (Wildman–Crippen LogP) is 3.52. The van der Waals surface area contributed by atoms with E-state index < -0.39 is 41.6 Å². The third-order valence-corrected chi connectivity index (χ3v) is 5.62. The molecule has 0 bridgehead atoms. The smallest absolute Gasteiger partial charge is 0.378 e. The normalized spacial score (nSPS) is 14.9. The van der Waals surface area contributed by atoms with E-state index in [-0.39, 0.29) is 5.56 Å². The highest BCUT2D eigenvalue weighted by atomic mass is 19.4. The Morgan fingerprint density at radius 2 is 1.38 bits per heavy atom. The minimum absolute atomic E-state index is 0.0362. The number of carbonyl (C=O) groups excluding carboxylic acids is 2. The van der Waals surface area contributed by atoms with Crippen LogP contribution in [0.3, 0.4) is 0 Å². The van der Waals surface area contributed by atoms with Gasteiger partial charge in [0, 0.05) is 5.92 Å². The van der Waals surface area contributed by atoms with Gasteiger partial charge in [-0.05, 0) is 39.9 Å². The molecule has 0 saturated heterocycles. The number of nitrogens with two attached hydrogens (primary N) is 1. The van der Waals surface area contributed by atoms with Crippen molar-refractivity contribution in [2.24, 2.45) is 5.73 Å². The van der Waals surface area contributed by atoms with E-state index in [9.17, 15) is 27.9 Å². The van der Waals surface area contributed by atoms with Crippen LogP contribution < -0.4 is 11.1 Å². The zero-order valence-electron chi connectivity index (χ0n) is 16.6. The van der Waals surface area contributed by atoms with Crippen LogP contribution in [-0.4, -0.2) is 23.0 Å². The Kier molecular flexibility index (Phi) is 5.48. The number of nitrogens with one attached hydrogen (secondary N) is 1. The SMILES string of the molecule is NC(=O)[C@@H](NC(=O)[C@H](O)c1ccc(C(F)(F)F)cc1)C1c2ccccc2-c2ccccc21. The Labute approximate surface area is 181 Å². The quantitative estimate of drug-likeness (QED) is 0.567. The number of hydrogen-bond donors (Lipinski definition) is 3. The molecule has 3 aromatic rings. The zero-order valence-corrected chi connectivity index (χ0v) is 16.6. The Hall–Kier alpha value is -3.65. The molecule has 0 radical (unpaired) electrons. The van der Waals surface area contributed by atoms with Crippen LogP contribution in [-0.2, 0) is 15.8 Å². The van der Waals surface area contributed by atoms with Crippen molar-refractivity contribution in [2.75, 3.05) is 0 Å². The molecule has 0 aliphatic heterocycles. The summed E-state index contributed by atoms with van der Waals surface area (Å²) >= 11 is 0. The van der Waals surface area contributed by atoms with Crippen LogP contribution in [0.25, 0.3) is 11.1 Å². The van der Waals surface area contributed by atoms with E-state index in [0.29, 0.717) is 0 Å². The largest absolute Gasteiger partial charge is 0.416 e. The van der Waals surface area contributed by atoms with Crippen molar-refractivity contribution < 1.29 is 27.9 Å². The number of hydrogen-bond acceptors (Lipinski definition) is 3. The van der Waals surface area contributed by atoms with Crippen molar-refractivity contribution in [3.8, 4) is 11.1 Å². The van der Waals surface area contributed by atoms with Gasteiger partial charge in [0.2, 0.25) is 5.91 Å². The maximum Gasteiger partial charge on any atom is 0.416 e. The maximum atomic E-state index is 12.8.